The number of aliphatic hydroxyl groups excluding tert-OH is 3. The maximum absolute atomic E-state index is 12.2. The van der Waals surface area contributed by atoms with E-state index in [9.17, 15) is 20.1 Å². The Morgan fingerprint density at radius 3 is 2.67 bits per heavy atom. The van der Waals surface area contributed by atoms with Crippen molar-refractivity contribution < 1.29 is 20.1 Å². The molecule has 0 spiro atoms. The van der Waals surface area contributed by atoms with Crippen LogP contribution in [0.3, 0.4) is 0 Å². The fourth-order valence-electron chi connectivity index (χ4n) is 2.81. The van der Waals surface area contributed by atoms with Crippen molar-refractivity contribution in [2.45, 2.75) is 63.7 Å². The van der Waals surface area contributed by atoms with Gasteiger partial charge in [-0.3, -0.25) is 14.3 Å². The molecule has 0 bridgehead atoms. The summed E-state index contributed by atoms with van der Waals surface area (Å²) in [5, 5.41) is 29.3. The highest BCUT2D eigenvalue weighted by Gasteiger charge is 2.43. The van der Waals surface area contributed by atoms with E-state index in [-0.39, 0.29) is 15.9 Å². The topological polar surface area (TPSA) is 134 Å². The maximum atomic E-state index is 12.2. The Balaban J connectivity index is 2.20. The lowest BCUT2D eigenvalue weighted by molar-refractivity contribution is -0.0541. The van der Waals surface area contributed by atoms with Crippen molar-refractivity contribution in [1.29, 1.82) is 0 Å². The van der Waals surface area contributed by atoms with Crippen LogP contribution in [-0.4, -0.2) is 55.3 Å². The van der Waals surface area contributed by atoms with Crippen molar-refractivity contribution >= 4 is 18.3 Å². The molecule has 0 aliphatic carbocycles. The lowest BCUT2D eigenvalue weighted by Gasteiger charge is -2.28. The minimum absolute atomic E-state index is 0.0568. The number of allylic oxidation sites excluding steroid dienone is 1. The fraction of sp³-hybridized carbons (Fsp3) is 0.667. The van der Waals surface area contributed by atoms with Gasteiger partial charge in [0, 0.05) is 11.7 Å². The summed E-state index contributed by atoms with van der Waals surface area (Å²) >= 11 is 5.15. The molecule has 1 aliphatic rings. The maximum Gasteiger partial charge on any atom is 0.258 e. The third-order valence-corrected chi connectivity index (χ3v) is 5.57. The minimum Gasteiger partial charge on any atom is -0.394 e. The third-order valence-electron chi connectivity index (χ3n) is 5.25. The van der Waals surface area contributed by atoms with Crippen LogP contribution >= 0.6 is 12.2 Å². The number of H-pyrrole nitrogens is 1. The summed E-state index contributed by atoms with van der Waals surface area (Å²) in [5.74, 6) is 0.336. The smallest absolute Gasteiger partial charge is 0.258 e. The molecule has 2 rings (SSSR count). The average Bonchev–Trinajstić information content (AvgIpc) is 2.88. The number of ether oxygens (including phenoxy) is 1. The second-order valence-corrected chi connectivity index (χ2v) is 7.97. The zero-order chi connectivity index (χ0) is 20.4. The molecule has 0 aromatic carbocycles. The SMILES string of the molecule is CC(C)C(C)(N)CCC=Cc1cn([C@@H]2O[C@H](CO)[C@@H](O)[C@H]2O)c(=S)[nH]c1=O. The van der Waals surface area contributed by atoms with Gasteiger partial charge >= 0.3 is 0 Å². The Hall–Kier alpha value is -1.36. The van der Waals surface area contributed by atoms with E-state index in [2.05, 4.69) is 18.8 Å². The average molecular weight is 400 g/mol. The zero-order valence-corrected chi connectivity index (χ0v) is 16.6. The van der Waals surface area contributed by atoms with Gasteiger partial charge in [0.25, 0.3) is 5.56 Å². The van der Waals surface area contributed by atoms with Crippen molar-refractivity contribution in [2.75, 3.05) is 6.61 Å². The van der Waals surface area contributed by atoms with Crippen molar-refractivity contribution in [1.82, 2.24) is 9.55 Å². The molecular weight excluding hydrogens is 370 g/mol. The molecule has 27 heavy (non-hydrogen) atoms. The Morgan fingerprint density at radius 2 is 2.11 bits per heavy atom. The molecule has 0 amide bonds. The second-order valence-electron chi connectivity index (χ2n) is 7.58. The minimum atomic E-state index is -1.28. The van der Waals surface area contributed by atoms with E-state index in [1.807, 2.05) is 13.0 Å². The quantitative estimate of drug-likeness (QED) is 0.426. The van der Waals surface area contributed by atoms with Crippen LogP contribution in [0.4, 0.5) is 0 Å². The van der Waals surface area contributed by atoms with E-state index < -0.39 is 31.1 Å². The van der Waals surface area contributed by atoms with E-state index in [0.717, 1.165) is 6.42 Å². The molecule has 1 fully saturated rings. The molecule has 152 valence electrons. The monoisotopic (exact) mass is 399 g/mol. The first-order valence-electron chi connectivity index (χ1n) is 9.02. The Morgan fingerprint density at radius 1 is 1.44 bits per heavy atom. The zero-order valence-electron chi connectivity index (χ0n) is 15.8. The summed E-state index contributed by atoms with van der Waals surface area (Å²) in [6.45, 7) is 5.70. The Kier molecular flexibility index (Phi) is 7.12. The van der Waals surface area contributed by atoms with Crippen LogP contribution in [0.25, 0.3) is 6.08 Å². The highest BCUT2D eigenvalue weighted by Crippen LogP contribution is 2.29. The second kappa shape index (κ2) is 8.76. The number of hydrogen-bond donors (Lipinski definition) is 5. The number of hydrogen-bond acceptors (Lipinski definition) is 7. The van der Waals surface area contributed by atoms with Gasteiger partial charge in [-0.15, -0.1) is 0 Å². The van der Waals surface area contributed by atoms with Gasteiger partial charge in [0.1, 0.15) is 18.3 Å². The van der Waals surface area contributed by atoms with Gasteiger partial charge in [0.2, 0.25) is 0 Å². The van der Waals surface area contributed by atoms with E-state index >= 15 is 0 Å². The summed E-state index contributed by atoms with van der Waals surface area (Å²) in [4.78, 5) is 14.7. The van der Waals surface area contributed by atoms with Crippen LogP contribution in [0.5, 0.6) is 0 Å². The molecule has 8 nitrogen and oxygen atoms in total. The van der Waals surface area contributed by atoms with Crippen LogP contribution in [-0.2, 0) is 4.74 Å². The van der Waals surface area contributed by atoms with Gasteiger partial charge in [-0.2, -0.15) is 0 Å². The predicted octanol–water partition coefficient (Wildman–Crippen LogP) is 0.684. The molecule has 1 aromatic heterocycles. The molecule has 1 unspecified atom stereocenters. The largest absolute Gasteiger partial charge is 0.394 e. The summed E-state index contributed by atoms with van der Waals surface area (Å²) in [6, 6.07) is 0. The molecule has 1 aromatic rings. The van der Waals surface area contributed by atoms with Gasteiger partial charge in [-0.25, -0.2) is 0 Å². The lowest BCUT2D eigenvalue weighted by atomic mass is 9.85. The van der Waals surface area contributed by atoms with Crippen molar-refractivity contribution in [3.8, 4) is 0 Å². The molecule has 0 radical (unpaired) electrons. The summed E-state index contributed by atoms with van der Waals surface area (Å²) in [7, 11) is 0. The van der Waals surface area contributed by atoms with E-state index in [4.69, 9.17) is 22.7 Å². The summed E-state index contributed by atoms with van der Waals surface area (Å²) in [5.41, 5.74) is 5.92. The van der Waals surface area contributed by atoms with Crippen molar-refractivity contribution in [3.63, 3.8) is 0 Å². The Bertz CT molecular complexity index is 786. The van der Waals surface area contributed by atoms with Crippen LogP contribution in [0.2, 0.25) is 0 Å². The van der Waals surface area contributed by atoms with E-state index in [1.165, 1.54) is 10.8 Å². The molecule has 0 saturated carbocycles. The summed E-state index contributed by atoms with van der Waals surface area (Å²) < 4.78 is 6.91. The van der Waals surface area contributed by atoms with Gasteiger partial charge in [0.05, 0.1) is 12.2 Å². The van der Waals surface area contributed by atoms with Gasteiger partial charge in [-0.1, -0.05) is 26.0 Å². The molecule has 6 N–H and O–H groups in total. The number of rotatable bonds is 7. The third kappa shape index (κ3) is 4.92. The first-order valence-corrected chi connectivity index (χ1v) is 9.42. The van der Waals surface area contributed by atoms with Crippen LogP contribution in [0.15, 0.2) is 17.1 Å². The van der Waals surface area contributed by atoms with Gasteiger partial charge in [-0.05, 0) is 37.9 Å². The number of aromatic nitrogens is 2. The number of nitrogens with zero attached hydrogens (tertiary/aromatic N) is 1. The first-order chi connectivity index (χ1) is 12.6. The first kappa shape index (κ1) is 21.9. The summed E-state index contributed by atoms with van der Waals surface area (Å²) in [6.07, 6.45) is 2.04. The number of aliphatic hydroxyl groups is 3. The molecule has 1 aliphatic heterocycles. The van der Waals surface area contributed by atoms with Crippen molar-refractivity contribution in [2.24, 2.45) is 11.7 Å². The molecular formula is C18H29N3O5S. The number of aromatic amines is 1. The molecule has 5 atom stereocenters. The highest BCUT2D eigenvalue weighted by atomic mass is 32.1. The molecule has 1 saturated heterocycles. The van der Waals surface area contributed by atoms with Crippen LogP contribution in [0.1, 0.15) is 45.4 Å². The lowest BCUT2D eigenvalue weighted by Crippen LogP contribution is -2.41. The normalized spacial score (nSPS) is 28.1. The standard InChI is InChI=1S/C18H29N3O5S/c1-10(2)18(3,19)7-5-4-6-11-8-21(17(27)20-15(11)25)16-14(24)13(23)12(9-22)26-16/h4,6,8,10,12-14,16,22-24H,5,7,9,19H2,1-3H3,(H,20,25,27)/t12-,13-,14-,16-,18?/m1/s1. The fourth-order valence-corrected chi connectivity index (χ4v) is 3.06. The van der Waals surface area contributed by atoms with Gasteiger partial charge < -0.3 is 25.8 Å². The van der Waals surface area contributed by atoms with E-state index in [1.54, 1.807) is 6.08 Å². The van der Waals surface area contributed by atoms with Crippen molar-refractivity contribution in [3.05, 3.63) is 33.0 Å². The predicted molar refractivity (Wildman–Crippen MR) is 105 cm³/mol. The van der Waals surface area contributed by atoms with Crippen LogP contribution < -0.4 is 11.3 Å². The van der Waals surface area contributed by atoms with E-state index in [0.29, 0.717) is 17.9 Å². The number of nitrogens with one attached hydrogen (secondary N) is 1. The highest BCUT2D eigenvalue weighted by molar-refractivity contribution is 7.71. The molecule has 2 heterocycles. The number of nitrogens with two attached hydrogens (primary N) is 1. The Labute approximate surface area is 163 Å². The van der Waals surface area contributed by atoms with Crippen LogP contribution in [0, 0.1) is 10.7 Å². The van der Waals surface area contributed by atoms with Gasteiger partial charge in [0.15, 0.2) is 11.0 Å². The molecule has 9 heteroatoms.